The van der Waals surface area contributed by atoms with Crippen LogP contribution in [0.4, 0.5) is 0 Å². The van der Waals surface area contributed by atoms with Gasteiger partial charge in [-0.2, -0.15) is 0 Å². The van der Waals surface area contributed by atoms with Crippen molar-refractivity contribution in [2.24, 2.45) is 0 Å². The minimum absolute atomic E-state index is 0.351. The third-order valence-electron chi connectivity index (χ3n) is 3.55. The fraction of sp³-hybridized carbons (Fsp3) is 0.600. The van der Waals surface area contributed by atoms with Crippen molar-refractivity contribution in [1.82, 2.24) is 5.32 Å². The van der Waals surface area contributed by atoms with Crippen LogP contribution in [0.2, 0.25) is 5.02 Å². The van der Waals surface area contributed by atoms with Gasteiger partial charge in [0.15, 0.2) is 0 Å². The van der Waals surface area contributed by atoms with E-state index in [2.05, 4.69) is 38.2 Å². The molecule has 2 rings (SSSR count). The van der Waals surface area contributed by atoms with Crippen LogP contribution in [0, 0.1) is 0 Å². The molecule has 3 heteroatoms. The number of benzene rings is 1. The Labute approximate surface area is 115 Å². The second-order valence-corrected chi connectivity index (χ2v) is 5.80. The predicted octanol–water partition coefficient (Wildman–Crippen LogP) is 3.95. The van der Waals surface area contributed by atoms with Crippen molar-refractivity contribution < 1.29 is 4.74 Å². The normalized spacial score (nSPS) is 30.1. The molecular formula is C15H22ClNO. The van der Waals surface area contributed by atoms with E-state index < -0.39 is 0 Å². The van der Waals surface area contributed by atoms with E-state index in [9.17, 15) is 0 Å². The first-order valence-electron chi connectivity index (χ1n) is 6.71. The average Bonchev–Trinajstić information content (AvgIpc) is 2.28. The molecule has 0 aliphatic carbocycles. The Hall–Kier alpha value is -0.570. The van der Waals surface area contributed by atoms with Crippen molar-refractivity contribution in [1.29, 1.82) is 0 Å². The number of rotatable bonds is 3. The quantitative estimate of drug-likeness (QED) is 0.896. The van der Waals surface area contributed by atoms with E-state index in [4.69, 9.17) is 16.3 Å². The third-order valence-corrected chi connectivity index (χ3v) is 3.81. The van der Waals surface area contributed by atoms with E-state index in [1.165, 1.54) is 5.56 Å². The maximum Gasteiger partial charge on any atom is 0.0565 e. The van der Waals surface area contributed by atoms with Gasteiger partial charge in [0, 0.05) is 17.1 Å². The maximum atomic E-state index is 5.91. The van der Waals surface area contributed by atoms with Crippen molar-refractivity contribution >= 4 is 11.6 Å². The summed E-state index contributed by atoms with van der Waals surface area (Å²) in [5.41, 5.74) is 1.28. The van der Waals surface area contributed by atoms with Crippen LogP contribution in [-0.2, 0) is 4.74 Å². The largest absolute Gasteiger partial charge is 0.375 e. The van der Waals surface area contributed by atoms with E-state index in [0.29, 0.717) is 24.3 Å². The zero-order chi connectivity index (χ0) is 13.1. The van der Waals surface area contributed by atoms with Crippen LogP contribution in [0.25, 0.3) is 0 Å². The van der Waals surface area contributed by atoms with Crippen molar-refractivity contribution in [3.05, 3.63) is 34.9 Å². The van der Waals surface area contributed by atoms with Crippen molar-refractivity contribution in [3.63, 3.8) is 0 Å². The van der Waals surface area contributed by atoms with Gasteiger partial charge in [0.05, 0.1) is 12.2 Å². The summed E-state index contributed by atoms with van der Waals surface area (Å²) < 4.78 is 5.76. The molecule has 0 aromatic heterocycles. The Bertz CT molecular complexity index is 369. The van der Waals surface area contributed by atoms with Crippen LogP contribution in [0.3, 0.4) is 0 Å². The maximum absolute atomic E-state index is 5.91. The van der Waals surface area contributed by atoms with Gasteiger partial charge in [-0.1, -0.05) is 23.7 Å². The standard InChI is InChI=1S/C15H22ClNO/c1-10-8-15(9-11(2)18-10)17-12(3)13-4-6-14(16)7-5-13/h4-7,10-12,15,17H,8-9H2,1-3H3/t10?,11?,12-,15?/m1/s1. The molecule has 1 fully saturated rings. The van der Waals surface area contributed by atoms with Gasteiger partial charge in [-0.25, -0.2) is 0 Å². The Balaban J connectivity index is 1.94. The van der Waals surface area contributed by atoms with E-state index in [1.807, 2.05) is 12.1 Å². The molecule has 0 saturated carbocycles. The second-order valence-electron chi connectivity index (χ2n) is 5.37. The molecule has 1 aromatic carbocycles. The molecule has 1 N–H and O–H groups in total. The highest BCUT2D eigenvalue weighted by atomic mass is 35.5. The molecular weight excluding hydrogens is 246 g/mol. The Morgan fingerprint density at radius 2 is 1.72 bits per heavy atom. The molecule has 0 spiro atoms. The first-order valence-corrected chi connectivity index (χ1v) is 7.09. The van der Waals surface area contributed by atoms with E-state index >= 15 is 0 Å². The summed E-state index contributed by atoms with van der Waals surface area (Å²) in [6.07, 6.45) is 2.87. The molecule has 0 radical (unpaired) electrons. The molecule has 18 heavy (non-hydrogen) atoms. The predicted molar refractivity (Wildman–Crippen MR) is 76.0 cm³/mol. The van der Waals surface area contributed by atoms with Gasteiger partial charge in [0.2, 0.25) is 0 Å². The summed E-state index contributed by atoms with van der Waals surface area (Å²) in [5, 5.41) is 4.48. The van der Waals surface area contributed by atoms with Crippen molar-refractivity contribution in [3.8, 4) is 0 Å². The van der Waals surface area contributed by atoms with Gasteiger partial charge in [-0.05, 0) is 51.3 Å². The van der Waals surface area contributed by atoms with Gasteiger partial charge >= 0.3 is 0 Å². The van der Waals surface area contributed by atoms with Crippen LogP contribution in [0.5, 0.6) is 0 Å². The number of hydrogen-bond donors (Lipinski definition) is 1. The molecule has 0 bridgehead atoms. The Morgan fingerprint density at radius 3 is 2.28 bits per heavy atom. The molecule has 1 heterocycles. The van der Waals surface area contributed by atoms with Crippen LogP contribution in [0.1, 0.15) is 45.2 Å². The Morgan fingerprint density at radius 1 is 1.17 bits per heavy atom. The van der Waals surface area contributed by atoms with Gasteiger partial charge < -0.3 is 10.1 Å². The summed E-state index contributed by atoms with van der Waals surface area (Å²) in [5.74, 6) is 0. The average molecular weight is 268 g/mol. The SMILES string of the molecule is CC1CC(N[C@H](C)c2ccc(Cl)cc2)CC(C)O1. The fourth-order valence-corrected chi connectivity index (χ4v) is 2.87. The zero-order valence-corrected chi connectivity index (χ0v) is 12.1. The molecule has 1 aromatic rings. The smallest absolute Gasteiger partial charge is 0.0565 e. The lowest BCUT2D eigenvalue weighted by molar-refractivity contribution is -0.0433. The molecule has 2 unspecified atom stereocenters. The lowest BCUT2D eigenvalue weighted by atomic mass is 9.98. The van der Waals surface area contributed by atoms with Crippen LogP contribution < -0.4 is 5.32 Å². The summed E-state index contributed by atoms with van der Waals surface area (Å²) in [6.45, 7) is 6.50. The molecule has 0 amide bonds. The summed E-state index contributed by atoms with van der Waals surface area (Å²) in [7, 11) is 0. The number of hydrogen-bond acceptors (Lipinski definition) is 2. The van der Waals surface area contributed by atoms with Crippen molar-refractivity contribution in [2.75, 3.05) is 0 Å². The molecule has 3 atom stereocenters. The van der Waals surface area contributed by atoms with Crippen molar-refractivity contribution in [2.45, 2.75) is 57.9 Å². The monoisotopic (exact) mass is 267 g/mol. The first kappa shape index (κ1) is 13.9. The fourth-order valence-electron chi connectivity index (χ4n) is 2.74. The molecule has 1 aliphatic heterocycles. The number of ether oxygens (including phenoxy) is 1. The third kappa shape index (κ3) is 3.71. The Kier molecular flexibility index (Phi) is 4.66. The van der Waals surface area contributed by atoms with Crippen LogP contribution in [-0.4, -0.2) is 18.2 Å². The summed E-state index contributed by atoms with van der Waals surface area (Å²) >= 11 is 5.91. The van der Waals surface area contributed by atoms with Gasteiger partial charge in [0.25, 0.3) is 0 Å². The molecule has 1 saturated heterocycles. The first-order chi connectivity index (χ1) is 8.54. The van der Waals surface area contributed by atoms with E-state index in [0.717, 1.165) is 17.9 Å². The molecule has 1 aliphatic rings. The number of halogens is 1. The lowest BCUT2D eigenvalue weighted by Crippen LogP contribution is -2.42. The van der Waals surface area contributed by atoms with Crippen LogP contribution in [0.15, 0.2) is 24.3 Å². The van der Waals surface area contributed by atoms with E-state index in [-0.39, 0.29) is 0 Å². The highest BCUT2D eigenvalue weighted by Gasteiger charge is 2.25. The lowest BCUT2D eigenvalue weighted by Gasteiger charge is -2.34. The second kappa shape index (κ2) is 6.05. The number of nitrogens with one attached hydrogen (secondary N) is 1. The highest BCUT2D eigenvalue weighted by molar-refractivity contribution is 6.30. The van der Waals surface area contributed by atoms with Gasteiger partial charge in [0.1, 0.15) is 0 Å². The molecule has 100 valence electrons. The van der Waals surface area contributed by atoms with E-state index in [1.54, 1.807) is 0 Å². The van der Waals surface area contributed by atoms with Crippen LogP contribution >= 0.6 is 11.6 Å². The highest BCUT2D eigenvalue weighted by Crippen LogP contribution is 2.23. The van der Waals surface area contributed by atoms with Gasteiger partial charge in [-0.15, -0.1) is 0 Å². The topological polar surface area (TPSA) is 21.3 Å². The zero-order valence-electron chi connectivity index (χ0n) is 11.3. The minimum atomic E-state index is 0.351. The molecule has 2 nitrogen and oxygen atoms in total. The van der Waals surface area contributed by atoms with Gasteiger partial charge in [-0.3, -0.25) is 0 Å². The summed E-state index contributed by atoms with van der Waals surface area (Å²) in [4.78, 5) is 0. The summed E-state index contributed by atoms with van der Waals surface area (Å²) in [6, 6.07) is 8.96. The minimum Gasteiger partial charge on any atom is -0.375 e.